The lowest BCUT2D eigenvalue weighted by atomic mass is 10.1. The van der Waals surface area contributed by atoms with Crippen molar-refractivity contribution in [2.75, 3.05) is 6.61 Å². The van der Waals surface area contributed by atoms with Gasteiger partial charge in [-0.15, -0.1) is 0 Å². The first-order valence-corrected chi connectivity index (χ1v) is 6.58. The van der Waals surface area contributed by atoms with E-state index in [1.807, 2.05) is 13.8 Å². The van der Waals surface area contributed by atoms with Gasteiger partial charge in [-0.1, -0.05) is 0 Å². The van der Waals surface area contributed by atoms with Crippen molar-refractivity contribution in [1.82, 2.24) is 5.32 Å². The summed E-state index contributed by atoms with van der Waals surface area (Å²) in [7, 11) is 0. The normalized spacial score (nSPS) is 14.0. The molecule has 1 saturated carbocycles. The molecule has 0 aromatic heterocycles. The third-order valence-corrected chi connectivity index (χ3v) is 3.14. The summed E-state index contributed by atoms with van der Waals surface area (Å²) in [5, 5.41) is 2.92. The predicted molar refractivity (Wildman–Crippen MR) is 72.6 cm³/mol. The summed E-state index contributed by atoms with van der Waals surface area (Å²) in [6, 6.07) is 3.97. The lowest BCUT2D eigenvalue weighted by Gasteiger charge is -2.12. The number of aryl methyl sites for hydroxylation is 2. The van der Waals surface area contributed by atoms with Crippen LogP contribution in [0.25, 0.3) is 0 Å². The monoisotopic (exact) mass is 261 g/mol. The van der Waals surface area contributed by atoms with Crippen molar-refractivity contribution >= 4 is 12.2 Å². The molecule has 0 spiro atoms. The van der Waals surface area contributed by atoms with Crippen molar-refractivity contribution in [3.8, 4) is 5.75 Å². The Kier molecular flexibility index (Phi) is 4.20. The number of nitrogens with one attached hydrogen (secondary N) is 1. The van der Waals surface area contributed by atoms with Gasteiger partial charge in [-0.05, 0) is 49.9 Å². The van der Waals surface area contributed by atoms with Crippen molar-refractivity contribution < 1.29 is 14.3 Å². The maximum Gasteiger partial charge on any atom is 0.223 e. The minimum atomic E-state index is 0.0438. The standard InChI is InChI=1S/C15H19NO3/c1-10-7-12(9-17)8-11(2)15(10)19-6-5-14(18)16-13-3-4-13/h7-9,13H,3-6H2,1-2H3,(H,16,18). The summed E-state index contributed by atoms with van der Waals surface area (Å²) >= 11 is 0. The van der Waals surface area contributed by atoms with E-state index in [2.05, 4.69) is 5.32 Å². The van der Waals surface area contributed by atoms with Gasteiger partial charge < -0.3 is 10.1 Å². The van der Waals surface area contributed by atoms with E-state index >= 15 is 0 Å². The first-order valence-electron chi connectivity index (χ1n) is 6.58. The molecule has 1 aliphatic rings. The van der Waals surface area contributed by atoms with E-state index in [1.165, 1.54) is 0 Å². The van der Waals surface area contributed by atoms with Gasteiger partial charge in [0, 0.05) is 11.6 Å². The average Bonchev–Trinajstić information content (AvgIpc) is 3.16. The largest absolute Gasteiger partial charge is 0.493 e. The number of carbonyl (C=O) groups is 2. The molecule has 0 heterocycles. The van der Waals surface area contributed by atoms with E-state index in [9.17, 15) is 9.59 Å². The van der Waals surface area contributed by atoms with E-state index < -0.39 is 0 Å². The van der Waals surface area contributed by atoms with Gasteiger partial charge in [-0.25, -0.2) is 0 Å². The molecule has 1 aromatic rings. The first kappa shape index (κ1) is 13.6. The summed E-state index contributed by atoms with van der Waals surface area (Å²) in [4.78, 5) is 22.3. The van der Waals surface area contributed by atoms with Crippen LogP contribution in [-0.2, 0) is 4.79 Å². The van der Waals surface area contributed by atoms with Crippen molar-refractivity contribution in [3.05, 3.63) is 28.8 Å². The highest BCUT2D eigenvalue weighted by Gasteiger charge is 2.22. The van der Waals surface area contributed by atoms with Crippen LogP contribution in [-0.4, -0.2) is 24.8 Å². The van der Waals surface area contributed by atoms with Gasteiger partial charge in [0.1, 0.15) is 12.0 Å². The van der Waals surface area contributed by atoms with E-state index in [0.717, 1.165) is 36.0 Å². The van der Waals surface area contributed by atoms with Crippen LogP contribution < -0.4 is 10.1 Å². The molecular formula is C15H19NO3. The van der Waals surface area contributed by atoms with E-state index in [4.69, 9.17) is 4.74 Å². The van der Waals surface area contributed by atoms with E-state index in [-0.39, 0.29) is 5.91 Å². The fourth-order valence-electron chi connectivity index (χ4n) is 2.05. The van der Waals surface area contributed by atoms with Crippen LogP contribution in [0, 0.1) is 13.8 Å². The van der Waals surface area contributed by atoms with Gasteiger partial charge in [-0.2, -0.15) is 0 Å². The minimum Gasteiger partial charge on any atom is -0.493 e. The Labute approximate surface area is 113 Å². The molecule has 2 rings (SSSR count). The van der Waals surface area contributed by atoms with Crippen molar-refractivity contribution in [1.29, 1.82) is 0 Å². The molecular weight excluding hydrogens is 242 g/mol. The summed E-state index contributed by atoms with van der Waals surface area (Å²) in [5.74, 6) is 0.812. The zero-order valence-corrected chi connectivity index (χ0v) is 11.4. The maximum absolute atomic E-state index is 11.5. The van der Waals surface area contributed by atoms with Crippen molar-refractivity contribution in [3.63, 3.8) is 0 Å². The molecule has 1 aliphatic carbocycles. The van der Waals surface area contributed by atoms with Gasteiger partial charge >= 0.3 is 0 Å². The molecule has 1 N–H and O–H groups in total. The fraction of sp³-hybridized carbons (Fsp3) is 0.467. The van der Waals surface area contributed by atoms with Crippen LogP contribution in [0.1, 0.15) is 40.7 Å². The number of amides is 1. The van der Waals surface area contributed by atoms with Gasteiger partial charge in [0.25, 0.3) is 0 Å². The Balaban J connectivity index is 1.88. The van der Waals surface area contributed by atoms with Crippen LogP contribution in [0.5, 0.6) is 5.75 Å². The number of ether oxygens (including phenoxy) is 1. The van der Waals surface area contributed by atoms with Crippen LogP contribution >= 0.6 is 0 Å². The zero-order chi connectivity index (χ0) is 13.8. The molecule has 1 aromatic carbocycles. The lowest BCUT2D eigenvalue weighted by Crippen LogP contribution is -2.26. The molecule has 4 heteroatoms. The molecule has 0 saturated heterocycles. The third-order valence-electron chi connectivity index (χ3n) is 3.14. The van der Waals surface area contributed by atoms with Gasteiger partial charge in [0.05, 0.1) is 13.0 Å². The van der Waals surface area contributed by atoms with E-state index in [0.29, 0.717) is 24.6 Å². The highest BCUT2D eigenvalue weighted by molar-refractivity contribution is 5.77. The first-order chi connectivity index (χ1) is 9.10. The molecule has 102 valence electrons. The second kappa shape index (κ2) is 5.87. The molecule has 1 fully saturated rings. The van der Waals surface area contributed by atoms with Crippen molar-refractivity contribution in [2.24, 2.45) is 0 Å². The Morgan fingerprint density at radius 2 is 2.00 bits per heavy atom. The molecule has 4 nitrogen and oxygen atoms in total. The smallest absolute Gasteiger partial charge is 0.223 e. The highest BCUT2D eigenvalue weighted by atomic mass is 16.5. The topological polar surface area (TPSA) is 55.4 Å². The molecule has 19 heavy (non-hydrogen) atoms. The molecule has 0 bridgehead atoms. The summed E-state index contributed by atoms with van der Waals surface area (Å²) in [6.07, 6.45) is 3.38. The fourth-order valence-corrected chi connectivity index (χ4v) is 2.05. The molecule has 0 atom stereocenters. The highest BCUT2D eigenvalue weighted by Crippen LogP contribution is 2.24. The number of carbonyl (C=O) groups excluding carboxylic acids is 2. The SMILES string of the molecule is Cc1cc(C=O)cc(C)c1OCCC(=O)NC1CC1. The van der Waals surface area contributed by atoms with Gasteiger partial charge in [-0.3, -0.25) is 9.59 Å². The number of aldehydes is 1. The zero-order valence-electron chi connectivity index (χ0n) is 11.4. The van der Waals surface area contributed by atoms with Crippen LogP contribution in [0.3, 0.4) is 0 Å². The summed E-state index contributed by atoms with van der Waals surface area (Å²) < 4.78 is 5.66. The Morgan fingerprint density at radius 3 is 2.53 bits per heavy atom. The summed E-state index contributed by atoms with van der Waals surface area (Å²) in [5.41, 5.74) is 2.49. The summed E-state index contributed by atoms with van der Waals surface area (Å²) in [6.45, 7) is 4.17. The second-order valence-corrected chi connectivity index (χ2v) is 5.04. The second-order valence-electron chi connectivity index (χ2n) is 5.04. The Hall–Kier alpha value is -1.84. The third kappa shape index (κ3) is 3.81. The minimum absolute atomic E-state index is 0.0438. The van der Waals surface area contributed by atoms with Crippen molar-refractivity contribution in [2.45, 2.75) is 39.2 Å². The molecule has 0 radical (unpaired) electrons. The molecule has 0 unspecified atom stereocenters. The van der Waals surface area contributed by atoms with Crippen LogP contribution in [0.2, 0.25) is 0 Å². The number of hydrogen-bond donors (Lipinski definition) is 1. The number of rotatable bonds is 6. The predicted octanol–water partition coefficient (Wildman–Crippen LogP) is 2.16. The maximum atomic E-state index is 11.5. The van der Waals surface area contributed by atoms with Crippen LogP contribution in [0.15, 0.2) is 12.1 Å². The quantitative estimate of drug-likeness (QED) is 0.798. The number of benzene rings is 1. The number of hydrogen-bond acceptors (Lipinski definition) is 3. The van der Waals surface area contributed by atoms with Gasteiger partial charge in [0.2, 0.25) is 5.91 Å². The lowest BCUT2D eigenvalue weighted by molar-refractivity contribution is -0.121. The average molecular weight is 261 g/mol. The van der Waals surface area contributed by atoms with Gasteiger partial charge in [0.15, 0.2) is 0 Å². The molecule has 1 amide bonds. The van der Waals surface area contributed by atoms with Crippen LogP contribution in [0.4, 0.5) is 0 Å². The Bertz CT molecular complexity index is 469. The van der Waals surface area contributed by atoms with E-state index in [1.54, 1.807) is 12.1 Å². The Morgan fingerprint density at radius 1 is 1.37 bits per heavy atom. The molecule has 0 aliphatic heterocycles.